The summed E-state index contributed by atoms with van der Waals surface area (Å²) < 4.78 is 10.1. The van der Waals surface area contributed by atoms with Crippen molar-refractivity contribution in [2.75, 3.05) is 45.8 Å². The molecule has 27 heavy (non-hydrogen) atoms. The topological polar surface area (TPSA) is 92.8 Å². The number of carbonyl (C=O) groups excluding carboxylic acids is 2. The van der Waals surface area contributed by atoms with Crippen LogP contribution in [0.1, 0.15) is 37.8 Å². The number of ether oxygens (including phenoxy) is 2. The fourth-order valence-electron chi connectivity index (χ4n) is 3.04. The van der Waals surface area contributed by atoms with Crippen LogP contribution in [-0.2, 0) is 20.7 Å². The average molecular weight is 399 g/mol. The molecule has 1 aliphatic rings. The van der Waals surface area contributed by atoms with Gasteiger partial charge in [0.2, 0.25) is 5.91 Å². The van der Waals surface area contributed by atoms with E-state index in [1.165, 1.54) is 17.8 Å². The number of methoxy groups -OCH3 is 2. The maximum atomic E-state index is 12.5. The van der Waals surface area contributed by atoms with Gasteiger partial charge in [0.25, 0.3) is 0 Å². The molecule has 152 valence electrons. The second-order valence-corrected chi connectivity index (χ2v) is 7.48. The first-order valence-corrected chi connectivity index (χ1v) is 10.3. The lowest BCUT2D eigenvalue weighted by Gasteiger charge is -2.22. The number of hydrogen-bond donors (Lipinski definition) is 2. The van der Waals surface area contributed by atoms with Crippen molar-refractivity contribution in [2.45, 2.75) is 44.6 Å². The number of amides is 3. The third-order valence-electron chi connectivity index (χ3n) is 4.53. The zero-order chi connectivity index (χ0) is 19.5. The van der Waals surface area contributed by atoms with Gasteiger partial charge in [-0.25, -0.2) is 9.78 Å². The van der Waals surface area contributed by atoms with Crippen molar-refractivity contribution in [1.29, 1.82) is 0 Å². The summed E-state index contributed by atoms with van der Waals surface area (Å²) in [4.78, 5) is 30.7. The van der Waals surface area contributed by atoms with Crippen molar-refractivity contribution in [1.82, 2.24) is 15.2 Å². The summed E-state index contributed by atoms with van der Waals surface area (Å²) in [7, 11) is 3.21. The van der Waals surface area contributed by atoms with Crippen LogP contribution in [0.15, 0.2) is 5.38 Å². The van der Waals surface area contributed by atoms with E-state index in [0.29, 0.717) is 37.1 Å². The summed E-state index contributed by atoms with van der Waals surface area (Å²) in [5.74, 6) is -0.0346. The highest BCUT2D eigenvalue weighted by Crippen LogP contribution is 2.19. The van der Waals surface area contributed by atoms with Crippen LogP contribution in [0.2, 0.25) is 0 Å². The number of hydrogen-bond acceptors (Lipinski definition) is 6. The Kier molecular flexibility index (Phi) is 9.51. The van der Waals surface area contributed by atoms with Crippen molar-refractivity contribution in [2.24, 2.45) is 0 Å². The Morgan fingerprint density at radius 1 is 1.19 bits per heavy atom. The first kappa shape index (κ1) is 21.6. The van der Waals surface area contributed by atoms with Gasteiger partial charge in [0.1, 0.15) is 0 Å². The fraction of sp³-hybridized carbons (Fsp3) is 0.722. The molecule has 0 radical (unpaired) electrons. The number of carbonyl (C=O) groups is 2. The Hall–Kier alpha value is -1.71. The van der Waals surface area contributed by atoms with Gasteiger partial charge in [0.05, 0.1) is 25.3 Å². The summed E-state index contributed by atoms with van der Waals surface area (Å²) in [6.07, 6.45) is 5.83. The molecular formula is C18H30N4O4S. The number of rotatable bonds is 10. The Morgan fingerprint density at radius 2 is 1.85 bits per heavy atom. The first-order chi connectivity index (χ1) is 13.1. The van der Waals surface area contributed by atoms with Gasteiger partial charge in [-0.2, -0.15) is 0 Å². The zero-order valence-corrected chi connectivity index (χ0v) is 17.0. The van der Waals surface area contributed by atoms with Crippen LogP contribution in [0.3, 0.4) is 0 Å². The van der Waals surface area contributed by atoms with Crippen molar-refractivity contribution >= 4 is 28.4 Å². The van der Waals surface area contributed by atoms with E-state index in [4.69, 9.17) is 9.47 Å². The number of nitrogens with one attached hydrogen (secondary N) is 2. The van der Waals surface area contributed by atoms with Crippen molar-refractivity contribution in [3.63, 3.8) is 0 Å². The molecule has 9 heteroatoms. The summed E-state index contributed by atoms with van der Waals surface area (Å²) in [6, 6.07) is 0.0193. The second kappa shape index (κ2) is 11.9. The Morgan fingerprint density at radius 3 is 2.48 bits per heavy atom. The van der Waals surface area contributed by atoms with Crippen LogP contribution in [0.5, 0.6) is 0 Å². The monoisotopic (exact) mass is 398 g/mol. The minimum absolute atomic E-state index is 0.0346. The van der Waals surface area contributed by atoms with Gasteiger partial charge in [-0.3, -0.25) is 10.1 Å². The van der Waals surface area contributed by atoms with E-state index in [-0.39, 0.29) is 24.4 Å². The average Bonchev–Trinajstić information content (AvgIpc) is 3.09. The highest BCUT2D eigenvalue weighted by Gasteiger charge is 2.18. The minimum atomic E-state index is -0.226. The number of urea groups is 1. The number of nitrogens with zero attached hydrogens (tertiary/aromatic N) is 2. The normalized spacial score (nSPS) is 14.7. The predicted molar refractivity (Wildman–Crippen MR) is 105 cm³/mol. The molecule has 0 unspecified atom stereocenters. The van der Waals surface area contributed by atoms with Crippen LogP contribution in [-0.4, -0.2) is 68.4 Å². The van der Waals surface area contributed by atoms with Crippen LogP contribution < -0.4 is 10.6 Å². The standard InChI is InChI=1S/C18H30N4O4S/c1-25-10-8-22(9-11-26-2)16(23)12-15-13-27-18(20-15)21-17(24)19-14-6-4-3-5-7-14/h13-14H,3-12H2,1-2H3,(H2,19,20,21,24). The summed E-state index contributed by atoms with van der Waals surface area (Å²) in [6.45, 7) is 1.97. The van der Waals surface area contributed by atoms with E-state index >= 15 is 0 Å². The largest absolute Gasteiger partial charge is 0.383 e. The van der Waals surface area contributed by atoms with Gasteiger partial charge in [-0.1, -0.05) is 19.3 Å². The summed E-state index contributed by atoms with van der Waals surface area (Å²) in [5.41, 5.74) is 0.651. The third kappa shape index (κ3) is 7.82. The second-order valence-electron chi connectivity index (χ2n) is 6.62. The molecule has 0 spiro atoms. The number of thiazole rings is 1. The summed E-state index contributed by atoms with van der Waals surface area (Å²) >= 11 is 1.33. The van der Waals surface area contributed by atoms with E-state index in [0.717, 1.165) is 25.7 Å². The molecule has 1 saturated carbocycles. The molecule has 3 amide bonds. The van der Waals surface area contributed by atoms with Crippen LogP contribution in [0.25, 0.3) is 0 Å². The van der Waals surface area contributed by atoms with E-state index < -0.39 is 0 Å². The third-order valence-corrected chi connectivity index (χ3v) is 5.33. The van der Waals surface area contributed by atoms with Crippen molar-refractivity contribution in [3.05, 3.63) is 11.1 Å². The van der Waals surface area contributed by atoms with Crippen LogP contribution >= 0.6 is 11.3 Å². The molecule has 1 heterocycles. The quantitative estimate of drug-likeness (QED) is 0.631. The molecule has 1 fully saturated rings. The maximum absolute atomic E-state index is 12.5. The van der Waals surface area contributed by atoms with Gasteiger partial charge in [0, 0.05) is 38.7 Å². The molecule has 2 rings (SSSR count). The molecule has 1 aromatic rings. The molecule has 0 aromatic carbocycles. The Balaban J connectivity index is 1.82. The first-order valence-electron chi connectivity index (χ1n) is 9.40. The molecule has 2 N–H and O–H groups in total. The van der Waals surface area contributed by atoms with Gasteiger partial charge in [-0.15, -0.1) is 11.3 Å². The van der Waals surface area contributed by atoms with E-state index in [9.17, 15) is 9.59 Å². The van der Waals surface area contributed by atoms with Gasteiger partial charge in [-0.05, 0) is 12.8 Å². The molecule has 0 bridgehead atoms. The van der Waals surface area contributed by atoms with E-state index in [1.807, 2.05) is 0 Å². The summed E-state index contributed by atoms with van der Waals surface area (Å²) in [5, 5.41) is 8.08. The van der Waals surface area contributed by atoms with Crippen LogP contribution in [0, 0.1) is 0 Å². The van der Waals surface area contributed by atoms with Gasteiger partial charge < -0.3 is 19.7 Å². The molecule has 0 saturated heterocycles. The zero-order valence-electron chi connectivity index (χ0n) is 16.2. The van der Waals surface area contributed by atoms with Crippen LogP contribution in [0.4, 0.5) is 9.93 Å². The highest BCUT2D eigenvalue weighted by atomic mass is 32.1. The lowest BCUT2D eigenvalue weighted by molar-refractivity contribution is -0.131. The Labute approximate surface area is 164 Å². The highest BCUT2D eigenvalue weighted by molar-refractivity contribution is 7.13. The smallest absolute Gasteiger partial charge is 0.321 e. The number of aromatic nitrogens is 1. The SMILES string of the molecule is COCCN(CCOC)C(=O)Cc1csc(NC(=O)NC2CCCCC2)n1. The Bertz CT molecular complexity index is 582. The van der Waals surface area contributed by atoms with E-state index in [1.54, 1.807) is 24.5 Å². The fourth-order valence-corrected chi connectivity index (χ4v) is 3.75. The molecule has 0 aliphatic heterocycles. The van der Waals surface area contributed by atoms with Gasteiger partial charge >= 0.3 is 6.03 Å². The molecule has 8 nitrogen and oxygen atoms in total. The van der Waals surface area contributed by atoms with Gasteiger partial charge in [0.15, 0.2) is 5.13 Å². The van der Waals surface area contributed by atoms with Crippen molar-refractivity contribution < 1.29 is 19.1 Å². The predicted octanol–water partition coefficient (Wildman–Crippen LogP) is 2.26. The van der Waals surface area contributed by atoms with E-state index in [2.05, 4.69) is 15.6 Å². The molecule has 1 aromatic heterocycles. The maximum Gasteiger partial charge on any atom is 0.321 e. The molecular weight excluding hydrogens is 368 g/mol. The molecule has 1 aliphatic carbocycles. The minimum Gasteiger partial charge on any atom is -0.383 e. The van der Waals surface area contributed by atoms with Crippen molar-refractivity contribution in [3.8, 4) is 0 Å². The number of anilines is 1. The lowest BCUT2D eigenvalue weighted by Crippen LogP contribution is -2.39. The lowest BCUT2D eigenvalue weighted by atomic mass is 9.96. The molecule has 0 atom stereocenters.